The molecule has 29 heavy (non-hydrogen) atoms. The van der Waals surface area contributed by atoms with E-state index in [1.165, 1.54) is 12.1 Å². The molecule has 2 fully saturated rings. The molecule has 7 heteroatoms. The zero-order valence-electron chi connectivity index (χ0n) is 17.2. The SMILES string of the molecule is COCCN1CCCC[C@@H](C2CCN(CC(=O)Nc3ccc(F)cc3)CC2)C1=O. The van der Waals surface area contributed by atoms with E-state index in [0.29, 0.717) is 31.3 Å². The van der Waals surface area contributed by atoms with Crippen molar-refractivity contribution in [2.24, 2.45) is 11.8 Å². The largest absolute Gasteiger partial charge is 0.383 e. The first-order chi connectivity index (χ1) is 14.1. The number of nitrogens with one attached hydrogen (secondary N) is 1. The van der Waals surface area contributed by atoms with Crippen LogP contribution in [0, 0.1) is 17.7 Å². The highest BCUT2D eigenvalue weighted by Gasteiger charge is 2.35. The highest BCUT2D eigenvalue weighted by molar-refractivity contribution is 5.92. The number of piperidine rings is 1. The van der Waals surface area contributed by atoms with Gasteiger partial charge in [0.05, 0.1) is 13.2 Å². The fourth-order valence-electron chi connectivity index (χ4n) is 4.45. The van der Waals surface area contributed by atoms with Gasteiger partial charge in [-0.25, -0.2) is 4.39 Å². The summed E-state index contributed by atoms with van der Waals surface area (Å²) in [5.74, 6) is 0.365. The van der Waals surface area contributed by atoms with Crippen LogP contribution in [-0.4, -0.2) is 68.1 Å². The van der Waals surface area contributed by atoms with Crippen molar-refractivity contribution < 1.29 is 18.7 Å². The first-order valence-corrected chi connectivity index (χ1v) is 10.6. The predicted molar refractivity (Wildman–Crippen MR) is 110 cm³/mol. The van der Waals surface area contributed by atoms with Crippen LogP contribution in [-0.2, 0) is 14.3 Å². The second-order valence-electron chi connectivity index (χ2n) is 8.09. The molecule has 1 N–H and O–H groups in total. The summed E-state index contributed by atoms with van der Waals surface area (Å²) in [6, 6.07) is 5.79. The first-order valence-electron chi connectivity index (χ1n) is 10.6. The molecule has 0 unspecified atom stereocenters. The minimum atomic E-state index is -0.320. The maximum absolute atomic E-state index is 13.0. The lowest BCUT2D eigenvalue weighted by Crippen LogP contribution is -2.44. The molecular weight excluding hydrogens is 373 g/mol. The lowest BCUT2D eigenvalue weighted by atomic mass is 9.81. The molecule has 1 aromatic rings. The number of methoxy groups -OCH3 is 1. The van der Waals surface area contributed by atoms with Gasteiger partial charge in [0.25, 0.3) is 0 Å². The van der Waals surface area contributed by atoms with Gasteiger partial charge in [0.2, 0.25) is 11.8 Å². The topological polar surface area (TPSA) is 61.9 Å². The van der Waals surface area contributed by atoms with E-state index in [-0.39, 0.29) is 23.5 Å². The zero-order valence-corrected chi connectivity index (χ0v) is 17.2. The number of benzene rings is 1. The number of anilines is 1. The second-order valence-corrected chi connectivity index (χ2v) is 8.09. The molecule has 2 aliphatic rings. The molecule has 0 spiro atoms. The number of halogens is 1. The Hall–Kier alpha value is -1.99. The molecule has 2 aliphatic heterocycles. The predicted octanol–water partition coefficient (Wildman–Crippen LogP) is 2.75. The fraction of sp³-hybridized carbons (Fsp3) is 0.636. The van der Waals surface area contributed by atoms with Crippen molar-refractivity contribution in [2.75, 3.05) is 51.8 Å². The number of carbonyl (C=O) groups is 2. The van der Waals surface area contributed by atoms with Gasteiger partial charge in [-0.3, -0.25) is 14.5 Å². The Balaban J connectivity index is 1.47. The van der Waals surface area contributed by atoms with Crippen molar-refractivity contribution >= 4 is 17.5 Å². The van der Waals surface area contributed by atoms with Crippen LogP contribution in [0.3, 0.4) is 0 Å². The van der Waals surface area contributed by atoms with E-state index < -0.39 is 0 Å². The van der Waals surface area contributed by atoms with Gasteiger partial charge in [0.1, 0.15) is 5.82 Å². The molecule has 0 aromatic heterocycles. The molecule has 1 atom stereocenters. The van der Waals surface area contributed by atoms with Crippen LogP contribution < -0.4 is 5.32 Å². The molecule has 2 heterocycles. The standard InChI is InChI=1S/C22H32FN3O3/c1-29-15-14-26-11-3-2-4-20(22(26)28)17-9-12-25(13-10-17)16-21(27)24-19-7-5-18(23)6-8-19/h5-8,17,20H,2-4,9-16H2,1H3,(H,24,27)/t20-/m0/s1. The summed E-state index contributed by atoms with van der Waals surface area (Å²) in [5, 5.41) is 2.81. The van der Waals surface area contributed by atoms with Crippen molar-refractivity contribution in [3.05, 3.63) is 30.1 Å². The van der Waals surface area contributed by atoms with Crippen LogP contribution >= 0.6 is 0 Å². The Morgan fingerprint density at radius 1 is 1.14 bits per heavy atom. The van der Waals surface area contributed by atoms with E-state index in [4.69, 9.17) is 4.74 Å². The number of nitrogens with zero attached hydrogens (tertiary/aromatic N) is 2. The fourth-order valence-corrected chi connectivity index (χ4v) is 4.45. The Morgan fingerprint density at radius 3 is 2.55 bits per heavy atom. The number of rotatable bonds is 7. The molecule has 2 saturated heterocycles. The minimum Gasteiger partial charge on any atom is -0.383 e. The van der Waals surface area contributed by atoms with Gasteiger partial charge in [-0.1, -0.05) is 6.42 Å². The third kappa shape index (κ3) is 6.24. The first kappa shape index (κ1) is 21.7. The van der Waals surface area contributed by atoms with Crippen LogP contribution in [0.1, 0.15) is 32.1 Å². The van der Waals surface area contributed by atoms with Gasteiger partial charge in [-0.05, 0) is 69.0 Å². The number of amides is 2. The van der Waals surface area contributed by atoms with Crippen LogP contribution in [0.5, 0.6) is 0 Å². The van der Waals surface area contributed by atoms with Crippen molar-refractivity contribution in [3.8, 4) is 0 Å². The van der Waals surface area contributed by atoms with Crippen molar-refractivity contribution in [3.63, 3.8) is 0 Å². The molecule has 2 amide bonds. The summed E-state index contributed by atoms with van der Waals surface area (Å²) in [4.78, 5) is 29.4. The van der Waals surface area contributed by atoms with E-state index in [9.17, 15) is 14.0 Å². The summed E-state index contributed by atoms with van der Waals surface area (Å²) in [6.45, 7) is 4.06. The Bertz CT molecular complexity index is 674. The molecular formula is C22H32FN3O3. The summed E-state index contributed by atoms with van der Waals surface area (Å²) in [6.07, 6.45) is 5.02. The van der Waals surface area contributed by atoms with Crippen molar-refractivity contribution in [1.82, 2.24) is 9.80 Å². The minimum absolute atomic E-state index is 0.0914. The highest BCUT2D eigenvalue weighted by Crippen LogP contribution is 2.32. The Labute approximate surface area is 172 Å². The second kappa shape index (κ2) is 10.7. The van der Waals surface area contributed by atoms with Gasteiger partial charge >= 0.3 is 0 Å². The normalized spacial score (nSPS) is 21.8. The Kier molecular flexibility index (Phi) is 8.00. The average Bonchev–Trinajstić information content (AvgIpc) is 2.90. The number of hydrogen-bond acceptors (Lipinski definition) is 4. The van der Waals surface area contributed by atoms with E-state index >= 15 is 0 Å². The highest BCUT2D eigenvalue weighted by atomic mass is 19.1. The number of hydrogen-bond donors (Lipinski definition) is 1. The van der Waals surface area contributed by atoms with E-state index in [1.807, 2.05) is 4.90 Å². The van der Waals surface area contributed by atoms with Gasteiger partial charge < -0.3 is 15.0 Å². The van der Waals surface area contributed by atoms with Gasteiger partial charge in [-0.2, -0.15) is 0 Å². The van der Waals surface area contributed by atoms with E-state index in [2.05, 4.69) is 10.2 Å². The average molecular weight is 406 g/mol. The Morgan fingerprint density at radius 2 is 1.86 bits per heavy atom. The van der Waals surface area contributed by atoms with Gasteiger partial charge in [0.15, 0.2) is 0 Å². The summed E-state index contributed by atoms with van der Waals surface area (Å²) >= 11 is 0. The smallest absolute Gasteiger partial charge is 0.238 e. The lowest BCUT2D eigenvalue weighted by Gasteiger charge is -2.36. The molecule has 160 valence electrons. The van der Waals surface area contributed by atoms with Crippen LogP contribution in [0.4, 0.5) is 10.1 Å². The maximum atomic E-state index is 13.0. The molecule has 0 saturated carbocycles. The molecule has 6 nitrogen and oxygen atoms in total. The van der Waals surface area contributed by atoms with Crippen molar-refractivity contribution in [1.29, 1.82) is 0 Å². The summed E-state index contributed by atoms with van der Waals surface area (Å²) in [7, 11) is 1.67. The van der Waals surface area contributed by atoms with Crippen LogP contribution in [0.2, 0.25) is 0 Å². The van der Waals surface area contributed by atoms with Gasteiger partial charge in [0, 0.05) is 31.8 Å². The summed E-state index contributed by atoms with van der Waals surface area (Å²) in [5.41, 5.74) is 0.603. The van der Waals surface area contributed by atoms with E-state index in [0.717, 1.165) is 51.7 Å². The maximum Gasteiger partial charge on any atom is 0.238 e. The molecule has 3 rings (SSSR count). The number of ether oxygens (including phenoxy) is 1. The third-order valence-electron chi connectivity index (χ3n) is 6.08. The molecule has 0 radical (unpaired) electrons. The molecule has 0 aliphatic carbocycles. The molecule has 0 bridgehead atoms. The third-order valence-corrected chi connectivity index (χ3v) is 6.08. The molecule has 1 aromatic carbocycles. The number of likely N-dealkylation sites (tertiary alicyclic amines) is 2. The number of carbonyl (C=O) groups excluding carboxylic acids is 2. The monoisotopic (exact) mass is 405 g/mol. The van der Waals surface area contributed by atoms with Crippen LogP contribution in [0.15, 0.2) is 24.3 Å². The zero-order chi connectivity index (χ0) is 20.6. The van der Waals surface area contributed by atoms with E-state index in [1.54, 1.807) is 19.2 Å². The lowest BCUT2D eigenvalue weighted by molar-refractivity contribution is -0.138. The summed E-state index contributed by atoms with van der Waals surface area (Å²) < 4.78 is 18.1. The van der Waals surface area contributed by atoms with Gasteiger partial charge in [-0.15, -0.1) is 0 Å². The van der Waals surface area contributed by atoms with Crippen molar-refractivity contribution in [2.45, 2.75) is 32.1 Å². The quantitative estimate of drug-likeness (QED) is 0.758. The van der Waals surface area contributed by atoms with Crippen LogP contribution in [0.25, 0.3) is 0 Å².